The average molecular weight is 379 g/mol. The van der Waals surface area contributed by atoms with Crippen LogP contribution in [0.4, 0.5) is 5.69 Å². The molecule has 28 heavy (non-hydrogen) atoms. The van der Waals surface area contributed by atoms with Crippen LogP contribution < -0.4 is 10.1 Å². The molecule has 0 aliphatic carbocycles. The van der Waals surface area contributed by atoms with Crippen LogP contribution in [0.25, 0.3) is 0 Å². The predicted octanol–water partition coefficient (Wildman–Crippen LogP) is 4.29. The molecule has 1 amide bonds. The zero-order valence-electron chi connectivity index (χ0n) is 16.6. The lowest BCUT2D eigenvalue weighted by molar-refractivity contribution is -0.137. The van der Waals surface area contributed by atoms with Crippen molar-refractivity contribution in [3.05, 3.63) is 59.2 Å². The molecule has 0 radical (unpaired) electrons. The van der Waals surface area contributed by atoms with Crippen molar-refractivity contribution in [2.75, 3.05) is 5.32 Å². The van der Waals surface area contributed by atoms with Crippen LogP contribution in [0.1, 0.15) is 42.9 Å². The van der Waals surface area contributed by atoms with E-state index in [0.717, 1.165) is 16.7 Å². The average Bonchev–Trinajstić information content (AvgIpc) is 2.64. The number of amides is 1. The van der Waals surface area contributed by atoms with Crippen LogP contribution in [0.15, 0.2) is 42.5 Å². The molecule has 0 saturated carbocycles. The van der Waals surface area contributed by atoms with E-state index in [0.29, 0.717) is 11.4 Å². The van der Waals surface area contributed by atoms with Gasteiger partial charge >= 0.3 is 5.97 Å². The zero-order chi connectivity index (χ0) is 20.7. The van der Waals surface area contributed by atoms with Gasteiger partial charge in [-0.2, -0.15) is 0 Å². The molecule has 0 saturated heterocycles. The molecule has 2 rings (SSSR count). The number of carboxylic acids is 1. The van der Waals surface area contributed by atoms with Gasteiger partial charge in [0.1, 0.15) is 5.75 Å². The van der Waals surface area contributed by atoms with Gasteiger partial charge in [0.15, 0.2) is 6.10 Å². The van der Waals surface area contributed by atoms with Gasteiger partial charge in [0, 0.05) is 5.69 Å². The lowest BCUT2D eigenvalue weighted by atomic mass is 9.96. The Labute approximate surface area is 165 Å². The normalized spacial score (nSPS) is 12.3. The van der Waals surface area contributed by atoms with E-state index in [-0.39, 0.29) is 18.2 Å². The minimum atomic E-state index is -0.900. The molecule has 2 atom stereocenters. The quantitative estimate of drug-likeness (QED) is 0.704. The maximum Gasteiger partial charge on any atom is 0.304 e. The zero-order valence-corrected chi connectivity index (χ0v) is 16.6. The fraction of sp³-hybridized carbons (Fsp3) is 0.304. The summed E-state index contributed by atoms with van der Waals surface area (Å²) in [6, 6.07) is 12.9. The van der Waals surface area contributed by atoms with E-state index in [1.54, 1.807) is 38.1 Å². The van der Waals surface area contributed by atoms with E-state index in [2.05, 4.69) is 17.2 Å². The summed E-state index contributed by atoms with van der Waals surface area (Å²) < 4.78 is 5.80. The van der Waals surface area contributed by atoms with Gasteiger partial charge in [0.05, 0.1) is 12.3 Å². The number of hydrogen-bond donors (Lipinski definition) is 2. The summed E-state index contributed by atoms with van der Waals surface area (Å²) in [4.78, 5) is 23.4. The number of rotatable bonds is 7. The highest BCUT2D eigenvalue weighted by molar-refractivity contribution is 5.94. The van der Waals surface area contributed by atoms with Gasteiger partial charge in [0.25, 0.3) is 5.91 Å². The Balaban J connectivity index is 2.04. The number of nitrogens with one attached hydrogen (secondary N) is 1. The first kappa shape index (κ1) is 21.0. The smallest absolute Gasteiger partial charge is 0.304 e. The summed E-state index contributed by atoms with van der Waals surface area (Å²) in [5, 5.41) is 11.8. The second-order valence-electron chi connectivity index (χ2n) is 6.69. The molecule has 0 aliphatic rings. The largest absolute Gasteiger partial charge is 0.481 e. The maximum atomic E-state index is 12.4. The Morgan fingerprint density at radius 1 is 1.14 bits per heavy atom. The summed E-state index contributed by atoms with van der Waals surface area (Å²) in [6.45, 7) is 7.29. The lowest BCUT2D eigenvalue weighted by Crippen LogP contribution is -2.30. The topological polar surface area (TPSA) is 75.6 Å². The highest BCUT2D eigenvalue weighted by atomic mass is 16.5. The Kier molecular flexibility index (Phi) is 7.22. The molecule has 146 valence electrons. The minimum absolute atomic E-state index is 0.0622. The molecule has 2 aromatic rings. The van der Waals surface area contributed by atoms with Crippen molar-refractivity contribution in [1.29, 1.82) is 0 Å². The third kappa shape index (κ3) is 5.88. The van der Waals surface area contributed by atoms with E-state index in [1.165, 1.54) is 0 Å². The number of hydrogen-bond acceptors (Lipinski definition) is 3. The number of anilines is 1. The van der Waals surface area contributed by atoms with Crippen molar-refractivity contribution in [3.63, 3.8) is 0 Å². The van der Waals surface area contributed by atoms with Crippen LogP contribution in [0.2, 0.25) is 0 Å². The Morgan fingerprint density at radius 3 is 2.43 bits per heavy atom. The van der Waals surface area contributed by atoms with Gasteiger partial charge < -0.3 is 15.2 Å². The molecule has 2 unspecified atom stereocenters. The highest BCUT2D eigenvalue weighted by Gasteiger charge is 2.17. The molecule has 0 heterocycles. The van der Waals surface area contributed by atoms with Gasteiger partial charge in [0.2, 0.25) is 0 Å². The lowest BCUT2D eigenvalue weighted by Gasteiger charge is -2.17. The molecular weight excluding hydrogens is 354 g/mol. The van der Waals surface area contributed by atoms with Crippen LogP contribution >= 0.6 is 0 Å². The molecule has 5 nitrogen and oxygen atoms in total. The highest BCUT2D eigenvalue weighted by Crippen LogP contribution is 2.23. The molecule has 0 bridgehead atoms. The van der Waals surface area contributed by atoms with Gasteiger partial charge in [-0.25, -0.2) is 0 Å². The van der Waals surface area contributed by atoms with Crippen molar-refractivity contribution < 1.29 is 19.4 Å². The van der Waals surface area contributed by atoms with Gasteiger partial charge in [-0.15, -0.1) is 5.92 Å². The Bertz CT molecular complexity index is 906. The van der Waals surface area contributed by atoms with Crippen molar-refractivity contribution >= 4 is 17.6 Å². The van der Waals surface area contributed by atoms with Gasteiger partial charge in [-0.1, -0.05) is 30.2 Å². The number of carboxylic acid groups (broad SMARTS) is 1. The van der Waals surface area contributed by atoms with Crippen molar-refractivity contribution in [1.82, 2.24) is 0 Å². The van der Waals surface area contributed by atoms with E-state index >= 15 is 0 Å². The minimum Gasteiger partial charge on any atom is -0.481 e. The number of aryl methyl sites for hydroxylation is 2. The first-order valence-electron chi connectivity index (χ1n) is 9.09. The maximum absolute atomic E-state index is 12.4. The van der Waals surface area contributed by atoms with Crippen molar-refractivity contribution in [3.8, 4) is 17.6 Å². The molecular formula is C23H25NO4. The first-order chi connectivity index (χ1) is 13.3. The molecule has 0 fully saturated rings. The first-order valence-corrected chi connectivity index (χ1v) is 9.09. The summed E-state index contributed by atoms with van der Waals surface area (Å²) >= 11 is 0. The molecule has 0 aliphatic heterocycles. The predicted molar refractivity (Wildman–Crippen MR) is 110 cm³/mol. The molecule has 2 N–H and O–H groups in total. The number of carbonyl (C=O) groups is 2. The van der Waals surface area contributed by atoms with Crippen LogP contribution in [-0.4, -0.2) is 23.1 Å². The van der Waals surface area contributed by atoms with Gasteiger partial charge in [-0.3, -0.25) is 9.59 Å². The number of ether oxygens (including phenoxy) is 1. The number of carbonyl (C=O) groups excluding carboxylic acids is 1. The van der Waals surface area contributed by atoms with Gasteiger partial charge in [-0.05, 0) is 62.6 Å². The summed E-state index contributed by atoms with van der Waals surface area (Å²) in [5.74, 6) is 4.82. The summed E-state index contributed by atoms with van der Waals surface area (Å²) in [5.41, 5.74) is 3.45. The Hall–Kier alpha value is -3.26. The van der Waals surface area contributed by atoms with E-state index < -0.39 is 12.1 Å². The van der Waals surface area contributed by atoms with Crippen molar-refractivity contribution in [2.45, 2.75) is 46.1 Å². The third-order valence-electron chi connectivity index (χ3n) is 4.29. The van der Waals surface area contributed by atoms with Crippen LogP contribution in [0.3, 0.4) is 0 Å². The second-order valence-corrected chi connectivity index (χ2v) is 6.69. The molecule has 0 spiro atoms. The number of benzene rings is 2. The third-order valence-corrected chi connectivity index (χ3v) is 4.29. The monoisotopic (exact) mass is 379 g/mol. The van der Waals surface area contributed by atoms with E-state index in [4.69, 9.17) is 9.84 Å². The molecule has 5 heteroatoms. The molecule has 2 aromatic carbocycles. The van der Waals surface area contributed by atoms with Crippen LogP contribution in [-0.2, 0) is 9.59 Å². The molecule has 0 aromatic heterocycles. The van der Waals surface area contributed by atoms with Crippen molar-refractivity contribution in [2.24, 2.45) is 0 Å². The SMILES string of the molecule is CC#CC(CC(=O)O)c1ccc(NC(=O)C(C)Oc2cc(C)ccc2C)cc1. The second kappa shape index (κ2) is 9.61. The Morgan fingerprint density at radius 2 is 1.82 bits per heavy atom. The fourth-order valence-corrected chi connectivity index (χ4v) is 2.72. The van der Waals surface area contributed by atoms with Crippen LogP contribution in [0.5, 0.6) is 5.75 Å². The summed E-state index contributed by atoms with van der Waals surface area (Å²) in [6.07, 6.45) is -0.723. The standard InChI is InChI=1S/C23H25NO4/c1-5-6-19(14-22(25)26)18-9-11-20(12-10-18)24-23(27)17(4)28-21-13-15(2)7-8-16(21)3/h7-13,17,19H,14H2,1-4H3,(H,24,27)(H,25,26). The fourth-order valence-electron chi connectivity index (χ4n) is 2.72. The van der Waals surface area contributed by atoms with E-state index in [1.807, 2.05) is 32.0 Å². The van der Waals surface area contributed by atoms with Crippen LogP contribution in [0, 0.1) is 25.7 Å². The van der Waals surface area contributed by atoms with E-state index in [9.17, 15) is 9.59 Å². The summed E-state index contributed by atoms with van der Waals surface area (Å²) in [7, 11) is 0. The number of aliphatic carboxylic acids is 1.